The number of ether oxygens (including phenoxy) is 4. The molecule has 4 rings (SSSR count). The lowest BCUT2D eigenvalue weighted by Crippen LogP contribution is -2.61. The average Bonchev–Trinajstić information content (AvgIpc) is 3.25. The highest BCUT2D eigenvalue weighted by molar-refractivity contribution is 6.39. The number of ketones is 3. The van der Waals surface area contributed by atoms with Gasteiger partial charge in [0.15, 0.2) is 5.78 Å². The number of hydrogen-bond acceptors (Lipinski definition) is 12. The molecule has 0 aromatic rings. The minimum absolute atomic E-state index is 0.0570. The summed E-state index contributed by atoms with van der Waals surface area (Å²) in [5.41, 5.74) is 1.26. The number of hydrogen-bond donors (Lipinski definition) is 3. The van der Waals surface area contributed by atoms with Crippen molar-refractivity contribution >= 4 is 29.2 Å². The third-order valence-electron chi connectivity index (χ3n) is 14.2. The number of piperidine rings is 1. The zero-order valence-electron chi connectivity index (χ0n) is 39.3. The van der Waals surface area contributed by atoms with E-state index in [-0.39, 0.29) is 67.1 Å². The third-order valence-corrected chi connectivity index (χ3v) is 14.2. The Morgan fingerprint density at radius 1 is 0.857 bits per heavy atom. The molecule has 354 valence electrons. The molecule has 1 aliphatic carbocycles. The predicted octanol–water partition coefficient (Wildman–Crippen LogP) is 6.56. The van der Waals surface area contributed by atoms with Gasteiger partial charge in [-0.3, -0.25) is 19.2 Å². The summed E-state index contributed by atoms with van der Waals surface area (Å²) >= 11 is 0. The summed E-state index contributed by atoms with van der Waals surface area (Å²) in [6.07, 6.45) is 13.0. The molecule has 11 unspecified atom stereocenters. The van der Waals surface area contributed by atoms with Crippen LogP contribution < -0.4 is 0 Å². The van der Waals surface area contributed by atoms with Crippen LogP contribution in [0.5, 0.6) is 0 Å². The molecule has 3 fully saturated rings. The molecule has 1 amide bonds. The summed E-state index contributed by atoms with van der Waals surface area (Å²) in [4.78, 5) is 71.1. The Labute approximate surface area is 375 Å². The quantitative estimate of drug-likeness (QED) is 0.200. The summed E-state index contributed by atoms with van der Waals surface area (Å²) in [7, 11) is 3.15. The minimum Gasteiger partial charge on any atom is -0.460 e. The first-order valence-electron chi connectivity index (χ1n) is 23.4. The van der Waals surface area contributed by atoms with Gasteiger partial charge in [0.05, 0.1) is 30.5 Å². The van der Waals surface area contributed by atoms with Gasteiger partial charge in [-0.05, 0) is 107 Å². The van der Waals surface area contributed by atoms with E-state index >= 15 is 0 Å². The second kappa shape index (κ2) is 24.3. The third kappa shape index (κ3) is 14.3. The van der Waals surface area contributed by atoms with Gasteiger partial charge in [-0.15, -0.1) is 0 Å². The Kier molecular flexibility index (Phi) is 20.1. The molecule has 3 N–H and O–H groups in total. The Morgan fingerprint density at radius 2 is 1.59 bits per heavy atom. The highest BCUT2D eigenvalue weighted by atomic mass is 16.6. The van der Waals surface area contributed by atoms with Crippen LogP contribution in [0.1, 0.15) is 132 Å². The fraction of sp³-hybridized carbons (Fsp3) is 0.740. The lowest BCUT2D eigenvalue weighted by Gasteiger charge is -2.42. The van der Waals surface area contributed by atoms with E-state index in [1.807, 2.05) is 58.1 Å². The number of aliphatic hydroxyl groups excluding tert-OH is 2. The van der Waals surface area contributed by atoms with Gasteiger partial charge in [-0.1, -0.05) is 71.1 Å². The fourth-order valence-electron chi connectivity index (χ4n) is 9.78. The second-order valence-electron chi connectivity index (χ2n) is 19.3. The topological polar surface area (TPSA) is 186 Å². The van der Waals surface area contributed by atoms with Crippen LogP contribution in [0, 0.1) is 35.5 Å². The van der Waals surface area contributed by atoms with Crippen LogP contribution in [0.25, 0.3) is 0 Å². The first-order chi connectivity index (χ1) is 29.8. The number of fused-ring (bicyclic) bond motifs is 3. The van der Waals surface area contributed by atoms with Crippen LogP contribution >= 0.6 is 0 Å². The van der Waals surface area contributed by atoms with Gasteiger partial charge in [0.1, 0.15) is 17.9 Å². The number of allylic oxidation sites excluding steroid dienone is 6. The van der Waals surface area contributed by atoms with Gasteiger partial charge in [-0.2, -0.15) is 0 Å². The zero-order chi connectivity index (χ0) is 46.6. The molecule has 3 heterocycles. The maximum atomic E-state index is 14.3. The van der Waals surface area contributed by atoms with Crippen molar-refractivity contribution in [2.24, 2.45) is 35.5 Å². The van der Waals surface area contributed by atoms with Crippen molar-refractivity contribution in [2.75, 3.05) is 20.8 Å². The molecule has 14 atom stereocenters. The van der Waals surface area contributed by atoms with E-state index in [9.17, 15) is 39.3 Å². The van der Waals surface area contributed by atoms with E-state index in [4.69, 9.17) is 18.9 Å². The highest BCUT2D eigenvalue weighted by Gasteiger charge is 2.53. The maximum Gasteiger partial charge on any atom is 0.329 e. The molecule has 2 saturated heterocycles. The van der Waals surface area contributed by atoms with Crippen LogP contribution in [-0.4, -0.2) is 119 Å². The summed E-state index contributed by atoms with van der Waals surface area (Å²) in [6.45, 7) is 12.9. The van der Waals surface area contributed by atoms with Gasteiger partial charge in [0.25, 0.3) is 11.7 Å². The number of cyclic esters (lactones) is 1. The molecule has 0 aromatic heterocycles. The maximum absolute atomic E-state index is 14.3. The van der Waals surface area contributed by atoms with E-state index in [1.54, 1.807) is 41.1 Å². The number of rotatable bonds is 5. The molecule has 63 heavy (non-hydrogen) atoms. The lowest BCUT2D eigenvalue weighted by atomic mass is 9.78. The molecule has 0 spiro atoms. The fourth-order valence-corrected chi connectivity index (χ4v) is 9.78. The monoisotopic (exact) mass is 884 g/mol. The van der Waals surface area contributed by atoms with Gasteiger partial charge >= 0.3 is 5.97 Å². The standard InChI is InChI=1S/C50H77NO12/c1-30-15-11-10-12-16-31(2)44(60-8)27-38-20-18-36(7)50(59,63-38)47(56)48(57)51-22-14-13-17-39(51)49(58)62-45(35(6)25-37-19-21-40(52)46(26-37)61-9)29-43(55)34(5)24-33(4)42(54)28-41(53)32(3)23-30/h10-12,15-16,24,30,32-33,35-40,42,44-46,52,54,59H,13-14,17-23,25-29H2,1-9H3/t30?,32-,33?,35?,36-,37?,38?,39+,40?,42?,44?,45?,46?,50?/m1/s1. The van der Waals surface area contributed by atoms with Crippen molar-refractivity contribution in [3.05, 3.63) is 47.6 Å². The van der Waals surface area contributed by atoms with Gasteiger partial charge in [0, 0.05) is 57.8 Å². The number of nitrogens with zero attached hydrogens (tertiary/aromatic N) is 1. The molecular weight excluding hydrogens is 807 g/mol. The van der Waals surface area contributed by atoms with E-state index < -0.39 is 71.8 Å². The summed E-state index contributed by atoms with van der Waals surface area (Å²) in [5.74, 6) is -7.26. The van der Waals surface area contributed by atoms with E-state index in [0.717, 1.165) is 12.0 Å². The zero-order valence-corrected chi connectivity index (χ0v) is 39.3. The average molecular weight is 884 g/mol. The predicted molar refractivity (Wildman–Crippen MR) is 239 cm³/mol. The smallest absolute Gasteiger partial charge is 0.329 e. The first kappa shape index (κ1) is 52.3. The van der Waals surface area contributed by atoms with Crippen LogP contribution in [0.4, 0.5) is 0 Å². The van der Waals surface area contributed by atoms with E-state index in [1.165, 1.54) is 4.90 Å². The number of aliphatic hydroxyl groups is 3. The molecule has 1 saturated carbocycles. The van der Waals surface area contributed by atoms with Crippen molar-refractivity contribution in [3.63, 3.8) is 0 Å². The van der Waals surface area contributed by atoms with Gasteiger partial charge in [-0.25, -0.2) is 4.79 Å². The van der Waals surface area contributed by atoms with E-state index in [2.05, 4.69) is 0 Å². The molecule has 0 radical (unpaired) electrons. The Morgan fingerprint density at radius 3 is 2.29 bits per heavy atom. The molecule has 13 nitrogen and oxygen atoms in total. The number of Topliss-reactive ketones (excluding diaryl/α,β-unsaturated/α-hetero) is 3. The van der Waals surface area contributed by atoms with Gasteiger partial charge < -0.3 is 39.2 Å². The minimum atomic E-state index is -2.42. The molecule has 13 heteroatoms. The van der Waals surface area contributed by atoms with Crippen molar-refractivity contribution < 1.29 is 58.2 Å². The summed E-state index contributed by atoms with van der Waals surface area (Å²) in [6, 6.07) is -1.12. The largest absolute Gasteiger partial charge is 0.460 e. The van der Waals surface area contributed by atoms with Crippen LogP contribution in [0.3, 0.4) is 0 Å². The molecule has 3 aliphatic heterocycles. The lowest BCUT2D eigenvalue weighted by molar-refractivity contribution is -0.265. The molecule has 2 bridgehead atoms. The number of carbonyl (C=O) groups is 5. The van der Waals surface area contributed by atoms with Crippen LogP contribution in [-0.2, 0) is 42.9 Å². The Bertz CT molecular complexity index is 1700. The van der Waals surface area contributed by atoms with Crippen molar-refractivity contribution in [1.29, 1.82) is 0 Å². The normalized spacial score (nSPS) is 37.5. The number of carbonyl (C=O) groups excluding carboxylic acids is 5. The SMILES string of the molecule is COC1CC2CC[C@@H](C)C(O)(O2)C(=O)C(=O)N2CCCC[C@H]2C(=O)OC(C(C)CC2CCC(O)C(OC)C2)CC(=O)C(C)=CC(C)C(O)CC(=O)[C@H](C)CC(C)C=CC=CC=C1C. The Hall–Kier alpha value is -3.33. The van der Waals surface area contributed by atoms with Crippen LogP contribution in [0.2, 0.25) is 0 Å². The van der Waals surface area contributed by atoms with E-state index in [0.29, 0.717) is 63.4 Å². The Balaban J connectivity index is 1.67. The summed E-state index contributed by atoms with van der Waals surface area (Å²) in [5, 5.41) is 33.5. The van der Waals surface area contributed by atoms with Gasteiger partial charge in [0.2, 0.25) is 5.79 Å². The van der Waals surface area contributed by atoms with Crippen molar-refractivity contribution in [3.8, 4) is 0 Å². The number of methoxy groups -OCH3 is 2. The van der Waals surface area contributed by atoms with Crippen LogP contribution in [0.15, 0.2) is 47.6 Å². The summed E-state index contributed by atoms with van der Waals surface area (Å²) < 4.78 is 23.8. The number of amides is 1. The first-order valence-corrected chi connectivity index (χ1v) is 23.4. The highest BCUT2D eigenvalue weighted by Crippen LogP contribution is 2.37. The van der Waals surface area contributed by atoms with Crippen molar-refractivity contribution in [2.45, 2.75) is 180 Å². The molecular formula is C50H77NO12. The number of esters is 1. The molecule has 0 aromatic carbocycles. The molecule has 4 aliphatic rings. The van der Waals surface area contributed by atoms with Crippen molar-refractivity contribution in [1.82, 2.24) is 4.90 Å². The second-order valence-corrected chi connectivity index (χ2v) is 19.3.